The molecule has 2 saturated heterocycles. The maximum absolute atomic E-state index is 13.9. The number of rotatable bonds is 6. The van der Waals surface area contributed by atoms with Gasteiger partial charge in [-0.25, -0.2) is 0 Å². The van der Waals surface area contributed by atoms with Crippen LogP contribution in [0.4, 0.5) is 18.9 Å². The van der Waals surface area contributed by atoms with Crippen molar-refractivity contribution in [3.05, 3.63) is 64.7 Å². The molecule has 2 aliphatic heterocycles. The molecule has 2 aliphatic rings. The number of hydrogen-bond donors (Lipinski definition) is 1. The summed E-state index contributed by atoms with van der Waals surface area (Å²) in [5, 5.41) is 11.0. The Labute approximate surface area is 226 Å². The van der Waals surface area contributed by atoms with Gasteiger partial charge in [0.25, 0.3) is 17.4 Å². The van der Waals surface area contributed by atoms with Gasteiger partial charge in [0.15, 0.2) is 0 Å². The third-order valence-corrected chi connectivity index (χ3v) is 8.03. The summed E-state index contributed by atoms with van der Waals surface area (Å²) in [6.45, 7) is 2.02. The molecule has 0 radical (unpaired) electrons. The van der Waals surface area contributed by atoms with Crippen molar-refractivity contribution in [1.82, 2.24) is 9.80 Å². The molecule has 2 amide bonds. The molecule has 4 rings (SSSR count). The summed E-state index contributed by atoms with van der Waals surface area (Å²) < 4.78 is 41.8. The standard InChI is InChI=1S/C28H33ClF3N3O3/c1-33(2)25(36)23-9-8-22(17-24(23)29)34-13-10-19(11-14-34)16-20-12-15-35(18-20)26(37)27(38,28(30,31)32)21-6-4-3-5-7-21/h3-9,17,19-20,38H,10-16,18H2,1-2H3/t20?,27-/m1/s1. The lowest BCUT2D eigenvalue weighted by atomic mass is 9.86. The van der Waals surface area contributed by atoms with Gasteiger partial charge in [0, 0.05) is 51.5 Å². The Morgan fingerprint density at radius 1 is 1.00 bits per heavy atom. The number of halogens is 4. The van der Waals surface area contributed by atoms with E-state index in [1.807, 2.05) is 12.1 Å². The van der Waals surface area contributed by atoms with E-state index in [1.54, 1.807) is 20.2 Å². The molecule has 1 N–H and O–H groups in total. The van der Waals surface area contributed by atoms with Crippen molar-refractivity contribution < 1.29 is 27.9 Å². The molecule has 10 heteroatoms. The molecule has 38 heavy (non-hydrogen) atoms. The number of benzene rings is 2. The van der Waals surface area contributed by atoms with Crippen molar-refractivity contribution in [1.29, 1.82) is 0 Å². The van der Waals surface area contributed by atoms with Gasteiger partial charge in [-0.3, -0.25) is 9.59 Å². The van der Waals surface area contributed by atoms with Crippen LogP contribution in [-0.4, -0.2) is 73.2 Å². The van der Waals surface area contributed by atoms with E-state index in [0.29, 0.717) is 22.9 Å². The highest BCUT2D eigenvalue weighted by Gasteiger charge is 2.62. The number of piperidine rings is 1. The lowest BCUT2D eigenvalue weighted by molar-refractivity contribution is -0.261. The zero-order chi connectivity index (χ0) is 27.7. The Balaban J connectivity index is 1.33. The molecule has 206 valence electrons. The second-order valence-corrected chi connectivity index (χ2v) is 10.9. The molecule has 2 heterocycles. The van der Waals surface area contributed by atoms with Crippen LogP contribution in [0.25, 0.3) is 0 Å². The fraction of sp³-hybridized carbons (Fsp3) is 0.500. The van der Waals surface area contributed by atoms with E-state index in [2.05, 4.69) is 4.90 Å². The second-order valence-electron chi connectivity index (χ2n) is 10.5. The molecule has 0 aliphatic carbocycles. The van der Waals surface area contributed by atoms with Gasteiger partial charge in [0.2, 0.25) is 0 Å². The Hall–Kier alpha value is -2.78. The first-order chi connectivity index (χ1) is 17.9. The van der Waals surface area contributed by atoms with Crippen LogP contribution in [0.15, 0.2) is 48.5 Å². The zero-order valence-electron chi connectivity index (χ0n) is 21.5. The summed E-state index contributed by atoms with van der Waals surface area (Å²) in [5.41, 5.74) is -2.61. The number of alkyl halides is 3. The predicted molar refractivity (Wildman–Crippen MR) is 140 cm³/mol. The van der Waals surface area contributed by atoms with Crippen molar-refractivity contribution in [2.45, 2.75) is 37.5 Å². The molecule has 0 spiro atoms. The highest BCUT2D eigenvalue weighted by atomic mass is 35.5. The van der Waals surface area contributed by atoms with Crippen molar-refractivity contribution in [3.63, 3.8) is 0 Å². The molecule has 0 saturated carbocycles. The van der Waals surface area contributed by atoms with E-state index in [1.165, 1.54) is 28.0 Å². The van der Waals surface area contributed by atoms with E-state index < -0.39 is 23.2 Å². The third-order valence-electron chi connectivity index (χ3n) is 7.72. The minimum Gasteiger partial charge on any atom is -0.371 e. The molecular weight excluding hydrogens is 519 g/mol. The minimum atomic E-state index is -5.13. The summed E-state index contributed by atoms with van der Waals surface area (Å²) in [6, 6.07) is 12.0. The first-order valence-electron chi connectivity index (χ1n) is 12.8. The summed E-state index contributed by atoms with van der Waals surface area (Å²) >= 11 is 6.37. The van der Waals surface area contributed by atoms with E-state index >= 15 is 0 Å². The van der Waals surface area contributed by atoms with Crippen LogP contribution in [0.2, 0.25) is 5.02 Å². The summed E-state index contributed by atoms with van der Waals surface area (Å²) in [5.74, 6) is -0.968. The van der Waals surface area contributed by atoms with Crippen LogP contribution < -0.4 is 4.90 Å². The lowest BCUT2D eigenvalue weighted by Crippen LogP contribution is -2.55. The number of carbonyl (C=O) groups excluding carboxylic acids is 2. The van der Waals surface area contributed by atoms with Crippen LogP contribution in [-0.2, 0) is 10.4 Å². The molecule has 1 unspecified atom stereocenters. The highest BCUT2D eigenvalue weighted by molar-refractivity contribution is 6.34. The molecule has 2 aromatic carbocycles. The smallest absolute Gasteiger partial charge is 0.371 e. The van der Waals surface area contributed by atoms with Crippen molar-refractivity contribution in [3.8, 4) is 0 Å². The van der Waals surface area contributed by atoms with Gasteiger partial charge in [-0.15, -0.1) is 0 Å². The van der Waals surface area contributed by atoms with E-state index in [0.717, 1.165) is 50.2 Å². The number of anilines is 1. The van der Waals surface area contributed by atoms with Crippen molar-refractivity contribution >= 4 is 29.1 Å². The Morgan fingerprint density at radius 2 is 1.63 bits per heavy atom. The van der Waals surface area contributed by atoms with Crippen molar-refractivity contribution in [2.24, 2.45) is 11.8 Å². The number of nitrogens with zero attached hydrogens (tertiary/aromatic N) is 3. The normalized spacial score (nSPS) is 20.3. The molecule has 0 bridgehead atoms. The van der Waals surface area contributed by atoms with Gasteiger partial charge in [-0.2, -0.15) is 13.2 Å². The van der Waals surface area contributed by atoms with Gasteiger partial charge >= 0.3 is 6.18 Å². The summed E-state index contributed by atoms with van der Waals surface area (Å²) in [6.07, 6.45) is -1.86. The second kappa shape index (κ2) is 11.1. The maximum atomic E-state index is 13.9. The molecule has 2 atom stereocenters. The van der Waals surface area contributed by atoms with Gasteiger partial charge < -0.3 is 19.8 Å². The van der Waals surface area contributed by atoms with Gasteiger partial charge in [-0.1, -0.05) is 41.9 Å². The number of carbonyl (C=O) groups is 2. The van der Waals surface area contributed by atoms with Crippen LogP contribution in [0.5, 0.6) is 0 Å². The predicted octanol–water partition coefficient (Wildman–Crippen LogP) is 4.95. The molecule has 2 fully saturated rings. The van der Waals surface area contributed by atoms with Gasteiger partial charge in [-0.05, 0) is 55.7 Å². The van der Waals surface area contributed by atoms with Crippen LogP contribution in [0.1, 0.15) is 41.6 Å². The SMILES string of the molecule is CN(C)C(=O)c1ccc(N2CCC(CC3CCN(C(=O)[C@](O)(c4ccccc4)C(F)(F)F)C3)CC2)cc1Cl. The van der Waals surface area contributed by atoms with Crippen LogP contribution in [0.3, 0.4) is 0 Å². The lowest BCUT2D eigenvalue weighted by Gasteiger charge is -2.35. The molecular formula is C28H33ClF3N3O3. The van der Waals surface area contributed by atoms with Gasteiger partial charge in [0.05, 0.1) is 10.6 Å². The largest absolute Gasteiger partial charge is 0.430 e. The summed E-state index contributed by atoms with van der Waals surface area (Å²) in [7, 11) is 3.35. The Morgan fingerprint density at radius 3 is 2.21 bits per heavy atom. The van der Waals surface area contributed by atoms with E-state index in [-0.39, 0.29) is 24.9 Å². The molecule has 2 aromatic rings. The monoisotopic (exact) mass is 551 g/mol. The first kappa shape index (κ1) is 28.2. The van der Waals surface area contributed by atoms with Crippen molar-refractivity contribution in [2.75, 3.05) is 45.2 Å². The summed E-state index contributed by atoms with van der Waals surface area (Å²) in [4.78, 5) is 30.1. The van der Waals surface area contributed by atoms with E-state index in [9.17, 15) is 27.9 Å². The number of amides is 2. The first-order valence-corrected chi connectivity index (χ1v) is 13.2. The third kappa shape index (κ3) is 5.64. The Bertz CT molecular complexity index is 1150. The quantitative estimate of drug-likeness (QED) is 0.552. The van der Waals surface area contributed by atoms with Crippen LogP contribution in [0, 0.1) is 11.8 Å². The number of aliphatic hydroxyl groups is 1. The number of likely N-dealkylation sites (tertiary alicyclic amines) is 1. The topological polar surface area (TPSA) is 64.1 Å². The zero-order valence-corrected chi connectivity index (χ0v) is 22.3. The molecule has 0 aromatic heterocycles. The fourth-order valence-corrected chi connectivity index (χ4v) is 5.80. The number of hydrogen-bond acceptors (Lipinski definition) is 4. The fourth-order valence-electron chi connectivity index (χ4n) is 5.54. The van der Waals surface area contributed by atoms with Gasteiger partial charge in [0.1, 0.15) is 0 Å². The van der Waals surface area contributed by atoms with Crippen LogP contribution >= 0.6 is 11.6 Å². The average Bonchev–Trinajstić information content (AvgIpc) is 3.36. The maximum Gasteiger partial charge on any atom is 0.430 e. The average molecular weight is 552 g/mol. The molecule has 6 nitrogen and oxygen atoms in total. The van der Waals surface area contributed by atoms with E-state index in [4.69, 9.17) is 11.6 Å². The Kier molecular flexibility index (Phi) is 8.28. The highest BCUT2D eigenvalue weighted by Crippen LogP contribution is 2.42. The minimum absolute atomic E-state index is 0.0922.